The molecule has 3 rings (SSSR count). The molecule has 0 unspecified atom stereocenters. The molecule has 0 saturated heterocycles. The molecule has 0 N–H and O–H groups in total. The van der Waals surface area contributed by atoms with Crippen molar-refractivity contribution in [2.75, 3.05) is 6.61 Å². The van der Waals surface area contributed by atoms with E-state index < -0.39 is 0 Å². The van der Waals surface area contributed by atoms with Gasteiger partial charge in [-0.1, -0.05) is 28.9 Å². The second-order valence-corrected chi connectivity index (χ2v) is 4.89. The van der Waals surface area contributed by atoms with Crippen molar-refractivity contribution in [1.29, 1.82) is 0 Å². The Morgan fingerprint density at radius 1 is 1.05 bits per heavy atom. The van der Waals surface area contributed by atoms with Crippen LogP contribution in [-0.2, 0) is 6.54 Å². The highest BCUT2D eigenvalue weighted by Gasteiger charge is 2.02. The molecule has 0 saturated carbocycles. The zero-order valence-corrected chi connectivity index (χ0v) is 11.6. The van der Waals surface area contributed by atoms with Crippen LogP contribution >= 0.6 is 11.6 Å². The topological polar surface area (TPSA) is 39.9 Å². The molecule has 0 aliphatic heterocycles. The van der Waals surface area contributed by atoms with Gasteiger partial charge in [0.25, 0.3) is 0 Å². The summed E-state index contributed by atoms with van der Waals surface area (Å²) >= 11 is 5.82. The predicted octanol–water partition coefficient (Wildman–Crippen LogP) is 3.55. The van der Waals surface area contributed by atoms with E-state index in [4.69, 9.17) is 16.3 Å². The highest BCUT2D eigenvalue weighted by molar-refractivity contribution is 6.30. The van der Waals surface area contributed by atoms with Crippen molar-refractivity contribution in [2.24, 2.45) is 0 Å². The van der Waals surface area contributed by atoms with Crippen molar-refractivity contribution in [1.82, 2.24) is 15.0 Å². The van der Waals surface area contributed by atoms with Crippen molar-refractivity contribution >= 4 is 22.6 Å². The van der Waals surface area contributed by atoms with Crippen LogP contribution in [0, 0.1) is 0 Å². The summed E-state index contributed by atoms with van der Waals surface area (Å²) in [5.41, 5.74) is 1.98. The van der Waals surface area contributed by atoms with Gasteiger partial charge < -0.3 is 4.74 Å². The standard InChI is InChI=1S/C15H14ClN3O/c16-12-6-8-13(9-7-12)20-11-3-10-19-15-5-2-1-4-14(15)17-18-19/h1-2,4-9H,3,10-11H2. The van der Waals surface area contributed by atoms with Gasteiger partial charge in [0.1, 0.15) is 11.3 Å². The molecule has 0 aliphatic rings. The average molecular weight is 288 g/mol. The molecule has 1 heterocycles. The Bertz CT molecular complexity index is 694. The lowest BCUT2D eigenvalue weighted by Gasteiger charge is -2.06. The molecule has 20 heavy (non-hydrogen) atoms. The van der Waals surface area contributed by atoms with Crippen LogP contribution in [0.25, 0.3) is 11.0 Å². The molecule has 0 fully saturated rings. The molecule has 3 aromatic rings. The maximum absolute atomic E-state index is 5.82. The Morgan fingerprint density at radius 2 is 1.85 bits per heavy atom. The Kier molecular flexibility index (Phi) is 3.83. The summed E-state index contributed by atoms with van der Waals surface area (Å²) in [7, 11) is 0. The summed E-state index contributed by atoms with van der Waals surface area (Å²) in [6.45, 7) is 1.42. The number of aromatic nitrogens is 3. The molecule has 0 bridgehead atoms. The number of hydrogen-bond acceptors (Lipinski definition) is 3. The normalized spacial score (nSPS) is 10.8. The molecule has 1 aromatic heterocycles. The first-order chi connectivity index (χ1) is 9.83. The van der Waals surface area contributed by atoms with Crippen LogP contribution in [0.1, 0.15) is 6.42 Å². The van der Waals surface area contributed by atoms with Gasteiger partial charge >= 0.3 is 0 Å². The van der Waals surface area contributed by atoms with Crippen molar-refractivity contribution in [2.45, 2.75) is 13.0 Å². The number of nitrogens with zero attached hydrogens (tertiary/aromatic N) is 3. The van der Waals surface area contributed by atoms with E-state index in [-0.39, 0.29) is 0 Å². The molecule has 4 nitrogen and oxygen atoms in total. The lowest BCUT2D eigenvalue weighted by molar-refractivity contribution is 0.299. The Hall–Kier alpha value is -2.07. The van der Waals surface area contributed by atoms with Gasteiger partial charge in [-0.3, -0.25) is 0 Å². The van der Waals surface area contributed by atoms with Gasteiger partial charge in [0.15, 0.2) is 0 Å². The van der Waals surface area contributed by atoms with Gasteiger partial charge in [-0.05, 0) is 36.4 Å². The minimum atomic E-state index is 0.635. The number of benzene rings is 2. The number of ether oxygens (including phenoxy) is 1. The molecule has 0 amide bonds. The Labute approximate surface area is 121 Å². The third-order valence-electron chi connectivity index (χ3n) is 3.02. The van der Waals surface area contributed by atoms with Crippen molar-refractivity contribution in [3.8, 4) is 5.75 Å². The van der Waals surface area contributed by atoms with Crippen LogP contribution in [0.2, 0.25) is 5.02 Å². The van der Waals surface area contributed by atoms with E-state index in [0.717, 1.165) is 29.7 Å². The van der Waals surface area contributed by atoms with Crippen LogP contribution in [0.3, 0.4) is 0 Å². The van der Waals surface area contributed by atoms with Gasteiger partial charge in [-0.25, -0.2) is 4.68 Å². The summed E-state index contributed by atoms with van der Waals surface area (Å²) in [5, 5.41) is 8.98. The largest absolute Gasteiger partial charge is 0.494 e. The van der Waals surface area contributed by atoms with Crippen LogP contribution in [0.15, 0.2) is 48.5 Å². The molecular weight excluding hydrogens is 274 g/mol. The van der Waals surface area contributed by atoms with Gasteiger partial charge in [-0.2, -0.15) is 0 Å². The lowest BCUT2D eigenvalue weighted by Crippen LogP contribution is -2.05. The predicted molar refractivity (Wildman–Crippen MR) is 79.1 cm³/mol. The number of aryl methyl sites for hydroxylation is 1. The minimum absolute atomic E-state index is 0.635. The van der Waals surface area contributed by atoms with Crippen molar-refractivity contribution in [3.63, 3.8) is 0 Å². The van der Waals surface area contributed by atoms with Crippen molar-refractivity contribution < 1.29 is 4.74 Å². The summed E-state index contributed by atoms with van der Waals surface area (Å²) < 4.78 is 7.55. The maximum Gasteiger partial charge on any atom is 0.119 e. The summed E-state index contributed by atoms with van der Waals surface area (Å²) in [6, 6.07) is 15.3. The SMILES string of the molecule is Clc1ccc(OCCCn2nnc3ccccc32)cc1. The number of fused-ring (bicyclic) bond motifs is 1. The first kappa shape index (κ1) is 12.9. The molecular formula is C15H14ClN3O. The number of rotatable bonds is 5. The summed E-state index contributed by atoms with van der Waals surface area (Å²) in [6.07, 6.45) is 0.871. The monoisotopic (exact) mass is 287 g/mol. The van der Waals surface area contributed by atoms with Crippen LogP contribution in [0.4, 0.5) is 0 Å². The van der Waals surface area contributed by atoms with Crippen LogP contribution < -0.4 is 4.74 Å². The first-order valence-corrected chi connectivity index (χ1v) is 6.87. The van der Waals surface area contributed by atoms with Gasteiger partial charge in [0.2, 0.25) is 0 Å². The third kappa shape index (κ3) is 2.91. The highest BCUT2D eigenvalue weighted by atomic mass is 35.5. The zero-order valence-electron chi connectivity index (χ0n) is 10.9. The minimum Gasteiger partial charge on any atom is -0.494 e. The van der Waals surface area contributed by atoms with E-state index in [2.05, 4.69) is 10.3 Å². The quantitative estimate of drug-likeness (QED) is 0.674. The van der Waals surface area contributed by atoms with E-state index in [1.54, 1.807) is 0 Å². The molecule has 102 valence electrons. The fraction of sp³-hybridized carbons (Fsp3) is 0.200. The third-order valence-corrected chi connectivity index (χ3v) is 3.27. The molecule has 0 atom stereocenters. The van der Waals surface area contributed by atoms with Crippen molar-refractivity contribution in [3.05, 3.63) is 53.6 Å². The lowest BCUT2D eigenvalue weighted by atomic mass is 10.3. The van der Waals surface area contributed by atoms with E-state index in [9.17, 15) is 0 Å². The second-order valence-electron chi connectivity index (χ2n) is 4.46. The molecule has 0 aliphatic carbocycles. The zero-order chi connectivity index (χ0) is 13.8. The fourth-order valence-corrected chi connectivity index (χ4v) is 2.14. The number of para-hydroxylation sites is 1. The smallest absolute Gasteiger partial charge is 0.119 e. The Balaban J connectivity index is 1.54. The van der Waals surface area contributed by atoms with Crippen LogP contribution in [-0.4, -0.2) is 21.6 Å². The van der Waals surface area contributed by atoms with E-state index in [1.807, 2.05) is 53.2 Å². The first-order valence-electron chi connectivity index (χ1n) is 6.49. The maximum atomic E-state index is 5.82. The molecule has 0 radical (unpaired) electrons. The van der Waals surface area contributed by atoms with E-state index in [1.165, 1.54) is 0 Å². The van der Waals surface area contributed by atoms with E-state index in [0.29, 0.717) is 11.6 Å². The molecule has 0 spiro atoms. The van der Waals surface area contributed by atoms with E-state index >= 15 is 0 Å². The van der Waals surface area contributed by atoms with Gasteiger partial charge in [-0.15, -0.1) is 5.10 Å². The van der Waals surface area contributed by atoms with Crippen LogP contribution in [0.5, 0.6) is 5.75 Å². The second kappa shape index (κ2) is 5.92. The summed E-state index contributed by atoms with van der Waals surface area (Å²) in [5.74, 6) is 0.831. The molecule has 2 aromatic carbocycles. The number of halogens is 1. The molecule has 5 heteroatoms. The number of hydrogen-bond donors (Lipinski definition) is 0. The summed E-state index contributed by atoms with van der Waals surface area (Å²) in [4.78, 5) is 0. The van der Waals surface area contributed by atoms with Gasteiger partial charge in [0, 0.05) is 18.0 Å². The average Bonchev–Trinajstić information content (AvgIpc) is 2.89. The fourth-order valence-electron chi connectivity index (χ4n) is 2.02. The highest BCUT2D eigenvalue weighted by Crippen LogP contribution is 2.16. The Morgan fingerprint density at radius 3 is 2.70 bits per heavy atom. The van der Waals surface area contributed by atoms with Gasteiger partial charge in [0.05, 0.1) is 12.1 Å².